The smallest absolute Gasteiger partial charge is 0.320 e. The Kier molecular flexibility index (Phi) is 11.8. The lowest BCUT2D eigenvalue weighted by Crippen LogP contribution is -2.37. The van der Waals surface area contributed by atoms with E-state index in [9.17, 15) is 19.8 Å². The van der Waals surface area contributed by atoms with Crippen LogP contribution in [0, 0.1) is 0 Å². The maximum absolute atomic E-state index is 12.5. The van der Waals surface area contributed by atoms with Crippen molar-refractivity contribution in [3.63, 3.8) is 0 Å². The van der Waals surface area contributed by atoms with Crippen LogP contribution < -0.4 is 10.6 Å². The van der Waals surface area contributed by atoms with Gasteiger partial charge >= 0.3 is 11.9 Å². The summed E-state index contributed by atoms with van der Waals surface area (Å²) < 4.78 is 0. The van der Waals surface area contributed by atoms with Gasteiger partial charge in [0.1, 0.15) is 12.1 Å². The maximum atomic E-state index is 12.5. The molecule has 0 amide bonds. The first-order valence-electron chi connectivity index (χ1n) is 19.4. The van der Waals surface area contributed by atoms with Crippen molar-refractivity contribution < 1.29 is 19.8 Å². The van der Waals surface area contributed by atoms with Gasteiger partial charge in [-0.05, 0) is 118 Å². The molecule has 0 spiro atoms. The number of aliphatic carboxylic acids is 2. The Bertz CT molecular complexity index is 2020. The molecule has 6 aromatic carbocycles. The van der Waals surface area contributed by atoms with Gasteiger partial charge in [-0.3, -0.25) is 9.59 Å². The summed E-state index contributed by atoms with van der Waals surface area (Å²) in [6, 6.07) is 32.5. The molecular formula is C46H52N4O4. The summed E-state index contributed by atoms with van der Waals surface area (Å²) in [4.78, 5) is 29.8. The van der Waals surface area contributed by atoms with E-state index in [2.05, 4.69) is 107 Å². The monoisotopic (exact) mass is 724 g/mol. The van der Waals surface area contributed by atoms with Crippen LogP contribution in [0.4, 0.5) is 0 Å². The summed E-state index contributed by atoms with van der Waals surface area (Å²) in [5.74, 6) is -1.68. The Balaban J connectivity index is 1.21. The number of nitrogens with zero attached hydrogens (tertiary/aromatic N) is 2. The molecule has 1 aliphatic rings. The molecule has 8 heteroatoms. The fraction of sp³-hybridized carbons (Fsp3) is 0.348. The number of fused-ring (bicyclic) bond motifs is 6. The molecule has 54 heavy (non-hydrogen) atoms. The number of benzene rings is 6. The summed E-state index contributed by atoms with van der Waals surface area (Å²) in [7, 11) is 4.33. The molecule has 8 nitrogen and oxygen atoms in total. The molecule has 1 heterocycles. The van der Waals surface area contributed by atoms with Crippen LogP contribution in [-0.2, 0) is 35.8 Å². The van der Waals surface area contributed by atoms with E-state index >= 15 is 0 Å². The van der Waals surface area contributed by atoms with Crippen LogP contribution in [0.2, 0.25) is 0 Å². The quantitative estimate of drug-likeness (QED) is 0.132. The van der Waals surface area contributed by atoms with Crippen LogP contribution in [0.1, 0.15) is 60.8 Å². The Morgan fingerprint density at radius 3 is 1.04 bits per heavy atom. The van der Waals surface area contributed by atoms with E-state index in [4.69, 9.17) is 0 Å². The molecule has 4 N–H and O–H groups in total. The zero-order chi connectivity index (χ0) is 37.6. The molecule has 0 unspecified atom stereocenters. The standard InChI is InChI=1S/C46H52N4O4/c1-49-25-13-11-23-43(45(51)52)47-27-39-31-15-3-5-17-33(31)40(34-18-6-4-16-32(34)39)28-48-44(46(53)54)24-12-14-26-50(2)30-42-37-21-9-7-19-35(37)41(29-49)36-20-8-10-22-38(36)42/h3-10,15-22,43-44,47-48H,11-14,23-30H2,1-2H3,(H,51,52)(H,53,54)/t43-,44-/m1/s1. The Morgan fingerprint density at radius 2 is 0.759 bits per heavy atom. The van der Waals surface area contributed by atoms with Crippen molar-refractivity contribution >= 4 is 55.0 Å². The van der Waals surface area contributed by atoms with Gasteiger partial charge in [0.25, 0.3) is 0 Å². The minimum absolute atomic E-state index is 0.411. The van der Waals surface area contributed by atoms with E-state index < -0.39 is 24.0 Å². The average molecular weight is 725 g/mol. The molecule has 0 saturated carbocycles. The van der Waals surface area contributed by atoms with E-state index in [1.165, 1.54) is 32.7 Å². The van der Waals surface area contributed by atoms with Gasteiger partial charge in [0, 0.05) is 26.2 Å². The van der Waals surface area contributed by atoms with Crippen LogP contribution in [0.25, 0.3) is 43.1 Å². The first-order valence-corrected chi connectivity index (χ1v) is 19.4. The number of carbonyl (C=O) groups is 2. The molecule has 0 radical (unpaired) electrons. The minimum atomic E-state index is -0.839. The van der Waals surface area contributed by atoms with E-state index in [-0.39, 0.29) is 0 Å². The summed E-state index contributed by atoms with van der Waals surface area (Å²) >= 11 is 0. The van der Waals surface area contributed by atoms with E-state index in [1.807, 2.05) is 24.3 Å². The van der Waals surface area contributed by atoms with Crippen LogP contribution in [0.3, 0.4) is 0 Å². The third kappa shape index (κ3) is 8.12. The second kappa shape index (κ2) is 17.1. The van der Waals surface area contributed by atoms with Gasteiger partial charge in [-0.15, -0.1) is 0 Å². The van der Waals surface area contributed by atoms with Crippen molar-refractivity contribution in [1.29, 1.82) is 0 Å². The third-order valence-corrected chi connectivity index (χ3v) is 11.4. The number of nitrogens with one attached hydrogen (secondary N) is 2. The van der Waals surface area contributed by atoms with Crippen molar-refractivity contribution in [3.05, 3.63) is 119 Å². The number of hydrogen-bond donors (Lipinski definition) is 4. The highest BCUT2D eigenvalue weighted by molar-refractivity contribution is 6.07. The fourth-order valence-corrected chi connectivity index (χ4v) is 8.57. The molecule has 0 aromatic heterocycles. The first kappa shape index (κ1) is 37.5. The lowest BCUT2D eigenvalue weighted by atomic mass is 9.91. The highest BCUT2D eigenvalue weighted by atomic mass is 16.4. The molecule has 4 bridgehead atoms. The van der Waals surface area contributed by atoms with Gasteiger partial charge in [-0.1, -0.05) is 110 Å². The zero-order valence-corrected chi connectivity index (χ0v) is 31.5. The van der Waals surface area contributed by atoms with Crippen molar-refractivity contribution in [1.82, 2.24) is 20.4 Å². The van der Waals surface area contributed by atoms with Gasteiger partial charge in [0.15, 0.2) is 0 Å². The van der Waals surface area contributed by atoms with Gasteiger partial charge in [0.2, 0.25) is 0 Å². The van der Waals surface area contributed by atoms with Crippen molar-refractivity contribution in [3.8, 4) is 0 Å². The van der Waals surface area contributed by atoms with E-state index in [1.54, 1.807) is 0 Å². The Morgan fingerprint density at radius 1 is 0.481 bits per heavy atom. The van der Waals surface area contributed by atoms with E-state index in [0.717, 1.165) is 84.5 Å². The van der Waals surface area contributed by atoms with Crippen molar-refractivity contribution in [2.45, 2.75) is 76.8 Å². The van der Waals surface area contributed by atoms with Crippen LogP contribution in [0.5, 0.6) is 0 Å². The highest BCUT2D eigenvalue weighted by Gasteiger charge is 2.22. The second-order valence-corrected chi connectivity index (χ2v) is 15.1. The lowest BCUT2D eigenvalue weighted by molar-refractivity contribution is -0.140. The van der Waals surface area contributed by atoms with Crippen LogP contribution >= 0.6 is 0 Å². The maximum Gasteiger partial charge on any atom is 0.320 e. The highest BCUT2D eigenvalue weighted by Crippen LogP contribution is 2.36. The van der Waals surface area contributed by atoms with Crippen molar-refractivity contribution in [2.75, 3.05) is 27.2 Å². The van der Waals surface area contributed by atoms with Crippen LogP contribution in [-0.4, -0.2) is 71.2 Å². The molecule has 0 fully saturated rings. The second-order valence-electron chi connectivity index (χ2n) is 15.1. The number of carboxylic acid groups (broad SMARTS) is 2. The zero-order valence-electron chi connectivity index (χ0n) is 31.5. The molecular weight excluding hydrogens is 673 g/mol. The predicted octanol–water partition coefficient (Wildman–Crippen LogP) is 8.30. The van der Waals surface area contributed by atoms with E-state index in [0.29, 0.717) is 25.9 Å². The number of hydrogen-bond acceptors (Lipinski definition) is 6. The molecule has 6 aromatic rings. The minimum Gasteiger partial charge on any atom is -0.480 e. The number of carboxylic acids is 2. The van der Waals surface area contributed by atoms with Crippen LogP contribution in [0.15, 0.2) is 97.1 Å². The summed E-state index contributed by atoms with van der Waals surface area (Å²) in [6.07, 6.45) is 4.43. The van der Waals surface area contributed by atoms with Gasteiger partial charge in [-0.25, -0.2) is 0 Å². The molecule has 7 rings (SSSR count). The molecule has 0 aliphatic carbocycles. The van der Waals surface area contributed by atoms with Gasteiger partial charge < -0.3 is 30.6 Å². The average Bonchev–Trinajstić information content (AvgIpc) is 3.18. The predicted molar refractivity (Wildman–Crippen MR) is 220 cm³/mol. The van der Waals surface area contributed by atoms with Gasteiger partial charge in [0.05, 0.1) is 0 Å². The Hall–Kier alpha value is -4.86. The van der Waals surface area contributed by atoms with Crippen molar-refractivity contribution in [2.24, 2.45) is 0 Å². The molecule has 0 saturated heterocycles. The number of rotatable bonds is 2. The largest absolute Gasteiger partial charge is 0.480 e. The summed E-state index contributed by atoms with van der Waals surface area (Å²) in [6.45, 7) is 4.15. The summed E-state index contributed by atoms with van der Waals surface area (Å²) in [5.41, 5.74) is 4.75. The Labute approximate surface area is 317 Å². The first-order chi connectivity index (χ1) is 26.3. The van der Waals surface area contributed by atoms with Gasteiger partial charge in [-0.2, -0.15) is 0 Å². The lowest BCUT2D eigenvalue weighted by Gasteiger charge is -2.24. The molecule has 1 aliphatic heterocycles. The molecule has 280 valence electrons. The summed E-state index contributed by atoms with van der Waals surface area (Å²) in [5, 5.41) is 36.7. The molecule has 2 atom stereocenters. The normalized spacial score (nSPS) is 19.5. The topological polar surface area (TPSA) is 105 Å². The SMILES string of the molecule is CN1CCCC[C@H](C(=O)O)NCc2c3ccccc3c(c3ccccc23)CN[C@@H](C(=O)O)CCCCN(C)Cc2c3ccccc3c(c3ccccc23)C1. The fourth-order valence-electron chi connectivity index (χ4n) is 8.57. The third-order valence-electron chi connectivity index (χ3n) is 11.4.